The lowest BCUT2D eigenvalue weighted by atomic mass is 10.0. The second-order valence-electron chi connectivity index (χ2n) is 5.90. The van der Waals surface area contributed by atoms with Crippen LogP contribution in [0.5, 0.6) is 0 Å². The fraction of sp³-hybridized carbons (Fsp3) is 1.00. The maximum absolute atomic E-state index is 5.54. The van der Waals surface area contributed by atoms with E-state index in [1.165, 1.54) is 6.42 Å². The minimum atomic E-state index is 0.624. The van der Waals surface area contributed by atoms with Gasteiger partial charge in [0.15, 0.2) is 0 Å². The third-order valence-electron chi connectivity index (χ3n) is 3.99. The summed E-state index contributed by atoms with van der Waals surface area (Å²) >= 11 is 0. The van der Waals surface area contributed by atoms with Crippen LogP contribution in [0, 0.1) is 5.92 Å². The molecule has 19 heavy (non-hydrogen) atoms. The average Bonchev–Trinajstić information content (AvgIpc) is 2.56. The normalized spacial score (nSPS) is 25.7. The molecule has 1 saturated heterocycles. The molecular weight excluding hydrogens is 240 g/mol. The molecule has 114 valence electrons. The first-order valence-corrected chi connectivity index (χ1v) is 7.69. The Morgan fingerprint density at radius 1 is 1.26 bits per heavy atom. The first-order valence-electron chi connectivity index (χ1n) is 7.69. The molecule has 1 heterocycles. The summed E-state index contributed by atoms with van der Waals surface area (Å²) in [5.74, 6) is 0.700. The molecule has 1 rings (SSSR count). The summed E-state index contributed by atoms with van der Waals surface area (Å²) in [6, 6.07) is 1.30. The van der Waals surface area contributed by atoms with E-state index in [1.54, 1.807) is 7.11 Å². The van der Waals surface area contributed by atoms with Gasteiger partial charge in [-0.1, -0.05) is 13.8 Å². The standard InChI is InChI=1S/C15H32N2O2/c1-13(2)15-12-17(14(3)6-7-16-15)8-5-9-19-11-10-18-4/h13-16H,5-12H2,1-4H3. The van der Waals surface area contributed by atoms with Crippen molar-refractivity contribution in [3.63, 3.8) is 0 Å². The molecule has 0 bridgehead atoms. The SMILES string of the molecule is COCCOCCCN1CC(C(C)C)NCCC1C. The van der Waals surface area contributed by atoms with Gasteiger partial charge in [-0.15, -0.1) is 0 Å². The van der Waals surface area contributed by atoms with Crippen LogP contribution in [0.25, 0.3) is 0 Å². The Labute approximate surface area is 118 Å². The number of methoxy groups -OCH3 is 1. The molecule has 0 aromatic carbocycles. The van der Waals surface area contributed by atoms with Gasteiger partial charge in [0.25, 0.3) is 0 Å². The van der Waals surface area contributed by atoms with E-state index < -0.39 is 0 Å². The van der Waals surface area contributed by atoms with Gasteiger partial charge in [0.1, 0.15) is 0 Å². The number of nitrogens with zero attached hydrogens (tertiary/aromatic N) is 1. The first-order chi connectivity index (χ1) is 9.15. The molecular formula is C15H32N2O2. The molecule has 4 nitrogen and oxygen atoms in total. The molecule has 0 amide bonds. The van der Waals surface area contributed by atoms with Crippen molar-refractivity contribution in [3.8, 4) is 0 Å². The molecule has 2 atom stereocenters. The summed E-state index contributed by atoms with van der Waals surface area (Å²) in [6.45, 7) is 12.6. The lowest BCUT2D eigenvalue weighted by Gasteiger charge is -2.30. The summed E-state index contributed by atoms with van der Waals surface area (Å²) in [7, 11) is 1.71. The smallest absolute Gasteiger partial charge is 0.0700 e. The Kier molecular flexibility index (Phi) is 8.62. The van der Waals surface area contributed by atoms with Crippen molar-refractivity contribution < 1.29 is 9.47 Å². The maximum atomic E-state index is 5.54. The molecule has 4 heteroatoms. The molecule has 0 aromatic heterocycles. The highest BCUT2D eigenvalue weighted by molar-refractivity contribution is 4.82. The zero-order chi connectivity index (χ0) is 14.1. The van der Waals surface area contributed by atoms with Crippen LogP contribution < -0.4 is 5.32 Å². The Balaban J connectivity index is 2.24. The van der Waals surface area contributed by atoms with Crippen molar-refractivity contribution in [2.75, 3.05) is 46.6 Å². The van der Waals surface area contributed by atoms with Crippen molar-refractivity contribution in [3.05, 3.63) is 0 Å². The predicted molar refractivity (Wildman–Crippen MR) is 79.6 cm³/mol. The van der Waals surface area contributed by atoms with Gasteiger partial charge in [0.05, 0.1) is 13.2 Å². The molecule has 0 radical (unpaired) electrons. The topological polar surface area (TPSA) is 33.7 Å². The van der Waals surface area contributed by atoms with E-state index in [-0.39, 0.29) is 0 Å². The van der Waals surface area contributed by atoms with Gasteiger partial charge >= 0.3 is 0 Å². The second kappa shape index (κ2) is 9.70. The van der Waals surface area contributed by atoms with Gasteiger partial charge in [-0.25, -0.2) is 0 Å². The summed E-state index contributed by atoms with van der Waals surface area (Å²) < 4.78 is 10.5. The summed E-state index contributed by atoms with van der Waals surface area (Å²) in [4.78, 5) is 2.62. The van der Waals surface area contributed by atoms with E-state index in [4.69, 9.17) is 9.47 Å². The molecule has 0 spiro atoms. The molecule has 0 saturated carbocycles. The van der Waals surface area contributed by atoms with Crippen LogP contribution in [-0.2, 0) is 9.47 Å². The van der Waals surface area contributed by atoms with E-state index in [2.05, 4.69) is 31.0 Å². The number of hydrogen-bond acceptors (Lipinski definition) is 4. The molecule has 0 aromatic rings. The quantitative estimate of drug-likeness (QED) is 0.683. The number of ether oxygens (including phenoxy) is 2. The van der Waals surface area contributed by atoms with Crippen LogP contribution in [0.1, 0.15) is 33.6 Å². The van der Waals surface area contributed by atoms with Gasteiger partial charge in [0.2, 0.25) is 0 Å². The Morgan fingerprint density at radius 2 is 2.05 bits per heavy atom. The lowest BCUT2D eigenvalue weighted by Crippen LogP contribution is -2.43. The molecule has 0 aliphatic carbocycles. The zero-order valence-corrected chi connectivity index (χ0v) is 13.2. The highest BCUT2D eigenvalue weighted by Gasteiger charge is 2.23. The van der Waals surface area contributed by atoms with Crippen LogP contribution in [-0.4, -0.2) is 63.5 Å². The van der Waals surface area contributed by atoms with E-state index in [0.717, 1.165) is 32.7 Å². The molecule has 1 N–H and O–H groups in total. The van der Waals surface area contributed by atoms with Crippen LogP contribution >= 0.6 is 0 Å². The van der Waals surface area contributed by atoms with Gasteiger partial charge in [-0.3, -0.25) is 4.90 Å². The van der Waals surface area contributed by atoms with Gasteiger partial charge < -0.3 is 14.8 Å². The fourth-order valence-electron chi connectivity index (χ4n) is 2.53. The lowest BCUT2D eigenvalue weighted by molar-refractivity contribution is 0.0626. The first kappa shape index (κ1) is 16.9. The zero-order valence-electron chi connectivity index (χ0n) is 13.2. The van der Waals surface area contributed by atoms with Crippen LogP contribution in [0.2, 0.25) is 0 Å². The fourth-order valence-corrected chi connectivity index (χ4v) is 2.53. The Hall–Kier alpha value is -0.160. The minimum Gasteiger partial charge on any atom is -0.382 e. The van der Waals surface area contributed by atoms with Crippen molar-refractivity contribution in [1.82, 2.24) is 10.2 Å². The number of nitrogens with one attached hydrogen (secondary N) is 1. The van der Waals surface area contributed by atoms with Crippen molar-refractivity contribution in [2.24, 2.45) is 5.92 Å². The van der Waals surface area contributed by atoms with Crippen LogP contribution in [0.4, 0.5) is 0 Å². The van der Waals surface area contributed by atoms with Gasteiger partial charge in [0, 0.05) is 38.9 Å². The summed E-state index contributed by atoms with van der Waals surface area (Å²) in [5.41, 5.74) is 0. The third-order valence-corrected chi connectivity index (χ3v) is 3.99. The molecule has 1 fully saturated rings. The highest BCUT2D eigenvalue weighted by atomic mass is 16.5. The van der Waals surface area contributed by atoms with Crippen molar-refractivity contribution in [1.29, 1.82) is 0 Å². The highest BCUT2D eigenvalue weighted by Crippen LogP contribution is 2.13. The minimum absolute atomic E-state index is 0.624. The largest absolute Gasteiger partial charge is 0.382 e. The van der Waals surface area contributed by atoms with Crippen LogP contribution in [0.3, 0.4) is 0 Å². The Morgan fingerprint density at radius 3 is 2.74 bits per heavy atom. The number of hydrogen-bond donors (Lipinski definition) is 1. The van der Waals surface area contributed by atoms with Gasteiger partial charge in [-0.05, 0) is 32.2 Å². The third kappa shape index (κ3) is 6.70. The summed E-state index contributed by atoms with van der Waals surface area (Å²) in [5, 5.41) is 3.67. The van der Waals surface area contributed by atoms with E-state index in [9.17, 15) is 0 Å². The van der Waals surface area contributed by atoms with E-state index in [1.807, 2.05) is 0 Å². The molecule has 2 unspecified atom stereocenters. The molecule has 1 aliphatic heterocycles. The van der Waals surface area contributed by atoms with Crippen LogP contribution in [0.15, 0.2) is 0 Å². The van der Waals surface area contributed by atoms with E-state index >= 15 is 0 Å². The average molecular weight is 272 g/mol. The second-order valence-corrected chi connectivity index (χ2v) is 5.90. The summed E-state index contributed by atoms with van der Waals surface area (Å²) in [6.07, 6.45) is 2.35. The van der Waals surface area contributed by atoms with Crippen molar-refractivity contribution >= 4 is 0 Å². The van der Waals surface area contributed by atoms with Gasteiger partial charge in [-0.2, -0.15) is 0 Å². The Bertz CT molecular complexity index is 224. The monoisotopic (exact) mass is 272 g/mol. The van der Waals surface area contributed by atoms with Crippen molar-refractivity contribution in [2.45, 2.75) is 45.7 Å². The molecule has 1 aliphatic rings. The van der Waals surface area contributed by atoms with E-state index in [0.29, 0.717) is 31.2 Å². The predicted octanol–water partition coefficient (Wildman–Crippen LogP) is 1.75. The maximum Gasteiger partial charge on any atom is 0.0700 e. The number of rotatable bonds is 8.